The Morgan fingerprint density at radius 2 is 1.80 bits per heavy atom. The van der Waals surface area contributed by atoms with Crippen LogP contribution in [0.5, 0.6) is 0 Å². The van der Waals surface area contributed by atoms with Gasteiger partial charge in [-0.2, -0.15) is 10.5 Å². The Kier molecular flexibility index (Phi) is 6.58. The van der Waals surface area contributed by atoms with E-state index < -0.39 is 0 Å². The maximum absolute atomic E-state index is 8.28. The molecule has 4 heteroatoms. The van der Waals surface area contributed by atoms with Crippen molar-refractivity contribution >= 4 is 23.5 Å². The summed E-state index contributed by atoms with van der Waals surface area (Å²) in [5.74, 6) is 0. The summed E-state index contributed by atoms with van der Waals surface area (Å²) >= 11 is 2.34. The highest BCUT2D eigenvalue weighted by Crippen LogP contribution is 2.25. The van der Waals surface area contributed by atoms with Gasteiger partial charge in [-0.05, 0) is 29.9 Å². The molecule has 0 saturated heterocycles. The molecule has 0 unspecified atom stereocenters. The van der Waals surface area contributed by atoms with Crippen molar-refractivity contribution in [2.24, 2.45) is 0 Å². The third-order valence-electron chi connectivity index (χ3n) is 0.893. The molecule has 0 heterocycles. The lowest BCUT2D eigenvalue weighted by Crippen LogP contribution is -1.91. The van der Waals surface area contributed by atoms with Gasteiger partial charge in [-0.15, -0.1) is 0 Å². The van der Waals surface area contributed by atoms with Crippen molar-refractivity contribution < 1.29 is 0 Å². The average Bonchev–Trinajstić information content (AvgIpc) is 1.90. The Morgan fingerprint density at radius 3 is 2.10 bits per heavy atom. The fourth-order valence-corrected chi connectivity index (χ4v) is 1.89. The van der Waals surface area contributed by atoms with Crippen LogP contribution in [0.3, 0.4) is 0 Å². The van der Waals surface area contributed by atoms with E-state index in [2.05, 4.69) is 0 Å². The van der Waals surface area contributed by atoms with Crippen molar-refractivity contribution in [3.63, 3.8) is 0 Å². The van der Waals surface area contributed by atoms with Gasteiger partial charge in [-0.25, -0.2) is 0 Å². The van der Waals surface area contributed by atoms with Crippen molar-refractivity contribution in [1.82, 2.24) is 0 Å². The van der Waals surface area contributed by atoms with E-state index in [0.29, 0.717) is 0 Å². The molecule has 0 aliphatic rings. The number of rotatable bonds is 4. The molecule has 0 radical (unpaired) electrons. The van der Waals surface area contributed by atoms with Crippen molar-refractivity contribution in [3.8, 4) is 10.8 Å². The molecule has 0 aromatic rings. The third kappa shape index (κ3) is 4.55. The maximum Gasteiger partial charge on any atom is 0.134 e. The smallest absolute Gasteiger partial charge is 0.134 e. The van der Waals surface area contributed by atoms with Crippen molar-refractivity contribution in [1.29, 1.82) is 10.5 Å². The number of nitrogens with zero attached hydrogens (tertiary/aromatic N) is 2. The molecule has 0 aromatic heterocycles. The molecule has 0 fully saturated rings. The molecule has 0 saturated carbocycles. The number of thiocyanates is 2. The molecule has 0 atom stereocenters. The predicted octanol–water partition coefficient (Wildman–Crippen LogP) is 2.54. The molecule has 54 valence electrons. The molecular weight excluding hydrogens is 164 g/mol. The lowest BCUT2D eigenvalue weighted by molar-refractivity contribution is 0.873. The Balaban J connectivity index is 3.54. The van der Waals surface area contributed by atoms with Gasteiger partial charge in [-0.3, -0.25) is 0 Å². The first-order valence-corrected chi connectivity index (χ1v) is 4.70. The number of hydrogen-bond donors (Lipinski definition) is 0. The van der Waals surface area contributed by atoms with Crippen LogP contribution in [0, 0.1) is 21.3 Å². The molecule has 10 heavy (non-hydrogen) atoms. The van der Waals surface area contributed by atoms with Crippen LogP contribution in [-0.2, 0) is 0 Å². The van der Waals surface area contributed by atoms with Crippen LogP contribution in [0.15, 0.2) is 0 Å². The second kappa shape index (κ2) is 6.80. The van der Waals surface area contributed by atoms with E-state index in [1.165, 1.54) is 23.5 Å². The van der Waals surface area contributed by atoms with Crippen LogP contribution in [0.2, 0.25) is 0 Å². The fourth-order valence-electron chi connectivity index (χ4n) is 0.495. The van der Waals surface area contributed by atoms with Crippen LogP contribution < -0.4 is 0 Å². The largest absolute Gasteiger partial charge is 0.185 e. The van der Waals surface area contributed by atoms with Gasteiger partial charge in [0.25, 0.3) is 0 Å². The summed E-state index contributed by atoms with van der Waals surface area (Å²) in [5, 5.41) is 20.5. The van der Waals surface area contributed by atoms with Gasteiger partial charge in [0.2, 0.25) is 0 Å². The Morgan fingerprint density at radius 1 is 1.30 bits per heavy atom. The van der Waals surface area contributed by atoms with Crippen molar-refractivity contribution in [2.75, 3.05) is 0 Å². The SMILES string of the molecule is CCCC(SC#N)SC#N. The van der Waals surface area contributed by atoms with Crippen LogP contribution in [0.25, 0.3) is 0 Å². The minimum absolute atomic E-state index is 0.139. The first-order valence-electron chi connectivity index (χ1n) is 2.94. The zero-order valence-electron chi connectivity index (χ0n) is 5.70. The molecule has 2 nitrogen and oxygen atoms in total. The Hall–Kier alpha value is -0.320. The van der Waals surface area contributed by atoms with E-state index in [9.17, 15) is 0 Å². The van der Waals surface area contributed by atoms with Crippen LogP contribution in [0.1, 0.15) is 19.8 Å². The molecule has 0 amide bonds. The summed E-state index contributed by atoms with van der Waals surface area (Å²) in [6.07, 6.45) is 1.95. The summed E-state index contributed by atoms with van der Waals surface area (Å²) in [5.41, 5.74) is 0. The van der Waals surface area contributed by atoms with Crippen molar-refractivity contribution in [3.05, 3.63) is 0 Å². The van der Waals surface area contributed by atoms with E-state index in [1.54, 1.807) is 0 Å². The molecule has 0 spiro atoms. The van der Waals surface area contributed by atoms with Gasteiger partial charge in [0.1, 0.15) is 10.8 Å². The minimum atomic E-state index is 0.139. The lowest BCUT2D eigenvalue weighted by Gasteiger charge is -2.02. The highest BCUT2D eigenvalue weighted by atomic mass is 32.2. The monoisotopic (exact) mass is 172 g/mol. The summed E-state index contributed by atoms with van der Waals surface area (Å²) in [6, 6.07) is 0. The molecule has 0 aliphatic carbocycles. The van der Waals surface area contributed by atoms with Gasteiger partial charge in [-0.1, -0.05) is 13.3 Å². The molecule has 0 aliphatic heterocycles. The van der Waals surface area contributed by atoms with Gasteiger partial charge < -0.3 is 0 Å². The van der Waals surface area contributed by atoms with Crippen LogP contribution in [-0.4, -0.2) is 4.58 Å². The molecule has 0 aromatic carbocycles. The van der Waals surface area contributed by atoms with E-state index in [0.717, 1.165) is 12.8 Å². The molecule has 0 N–H and O–H groups in total. The third-order valence-corrected chi connectivity index (χ3v) is 2.68. The topological polar surface area (TPSA) is 47.6 Å². The van der Waals surface area contributed by atoms with Gasteiger partial charge in [0.05, 0.1) is 4.58 Å². The highest BCUT2D eigenvalue weighted by molar-refractivity contribution is 8.21. The Labute approximate surface area is 69.6 Å². The normalized spacial score (nSPS) is 8.80. The number of thioether (sulfide) groups is 2. The zero-order valence-corrected chi connectivity index (χ0v) is 7.34. The zero-order chi connectivity index (χ0) is 7.82. The van der Waals surface area contributed by atoms with Crippen molar-refractivity contribution in [2.45, 2.75) is 24.3 Å². The summed E-state index contributed by atoms with van der Waals surface area (Å²) in [7, 11) is 0. The number of hydrogen-bond acceptors (Lipinski definition) is 4. The van der Waals surface area contributed by atoms with Crippen LogP contribution >= 0.6 is 23.5 Å². The van der Waals surface area contributed by atoms with E-state index in [1.807, 2.05) is 17.7 Å². The predicted molar refractivity (Wildman–Crippen MR) is 45.1 cm³/mol. The highest BCUT2D eigenvalue weighted by Gasteiger charge is 2.07. The summed E-state index contributed by atoms with van der Waals surface area (Å²) in [6.45, 7) is 2.04. The minimum Gasteiger partial charge on any atom is -0.185 e. The molecular formula is C6H8N2S2. The fraction of sp³-hybridized carbons (Fsp3) is 0.667. The average molecular weight is 172 g/mol. The van der Waals surface area contributed by atoms with Crippen LogP contribution in [0.4, 0.5) is 0 Å². The number of nitriles is 2. The van der Waals surface area contributed by atoms with Gasteiger partial charge in [0, 0.05) is 0 Å². The standard InChI is InChI=1S/C6H8N2S2/c1-2-3-6(9-4-7)10-5-8/h6H,2-3H2,1H3. The molecule has 0 bridgehead atoms. The van der Waals surface area contributed by atoms with E-state index in [-0.39, 0.29) is 4.58 Å². The quantitative estimate of drug-likeness (QED) is 0.483. The van der Waals surface area contributed by atoms with E-state index in [4.69, 9.17) is 10.5 Å². The van der Waals surface area contributed by atoms with Gasteiger partial charge >= 0.3 is 0 Å². The second-order valence-corrected chi connectivity index (χ2v) is 3.91. The Bertz CT molecular complexity index is 140. The second-order valence-electron chi connectivity index (χ2n) is 1.64. The first-order chi connectivity index (χ1) is 4.85. The summed E-state index contributed by atoms with van der Waals surface area (Å²) < 4.78 is 0.139. The van der Waals surface area contributed by atoms with Gasteiger partial charge in [0.15, 0.2) is 0 Å². The lowest BCUT2D eigenvalue weighted by atomic mass is 10.4. The van der Waals surface area contributed by atoms with E-state index >= 15 is 0 Å². The molecule has 0 rings (SSSR count). The maximum atomic E-state index is 8.28. The first kappa shape index (κ1) is 9.68. The summed E-state index contributed by atoms with van der Waals surface area (Å²) in [4.78, 5) is 0.